The molecule has 0 amide bonds. The van der Waals surface area contributed by atoms with E-state index in [1.165, 1.54) is 0 Å². The number of oxime groups is 1. The summed E-state index contributed by atoms with van der Waals surface area (Å²) in [5.41, 5.74) is 2.87. The molecule has 2 N–H and O–H groups in total. The number of nitrogens with one attached hydrogen (secondary N) is 1. The molecule has 0 radical (unpaired) electrons. The number of sulfonamides is 1. The van der Waals surface area contributed by atoms with E-state index in [1.807, 2.05) is 13.8 Å². The summed E-state index contributed by atoms with van der Waals surface area (Å²) < 4.78 is 27.3. The first kappa shape index (κ1) is 27.1. The zero-order chi connectivity index (χ0) is 25.3. The lowest BCUT2D eigenvalue weighted by molar-refractivity contribution is -0.156. The minimum absolute atomic E-state index is 0.0792. The Morgan fingerprint density at radius 1 is 1.32 bits per heavy atom. The summed E-state index contributed by atoms with van der Waals surface area (Å²) in [5, 5.41) is 14.6. The summed E-state index contributed by atoms with van der Waals surface area (Å²) >= 11 is 3.75. The third-order valence-electron chi connectivity index (χ3n) is 7.66. The summed E-state index contributed by atoms with van der Waals surface area (Å²) in [7, 11) is -3.30. The van der Waals surface area contributed by atoms with Crippen LogP contribution in [0.2, 0.25) is 0 Å². The van der Waals surface area contributed by atoms with Crippen LogP contribution >= 0.6 is 15.9 Å². The van der Waals surface area contributed by atoms with Gasteiger partial charge >= 0.3 is 5.97 Å². The number of benzene rings is 1. The Kier molecular flexibility index (Phi) is 8.20. The fourth-order valence-corrected chi connectivity index (χ4v) is 7.62. The molecule has 34 heavy (non-hydrogen) atoms. The molecular formula is C25H37BrN2O5S. The van der Waals surface area contributed by atoms with Crippen LogP contribution in [0, 0.1) is 11.3 Å². The highest BCUT2D eigenvalue weighted by Crippen LogP contribution is 2.58. The lowest BCUT2D eigenvalue weighted by Crippen LogP contribution is -2.53. The monoisotopic (exact) mass is 556 g/mol. The van der Waals surface area contributed by atoms with Crippen molar-refractivity contribution in [3.63, 3.8) is 0 Å². The van der Waals surface area contributed by atoms with Gasteiger partial charge in [0.25, 0.3) is 0 Å². The van der Waals surface area contributed by atoms with Crippen molar-refractivity contribution in [1.29, 1.82) is 0 Å². The van der Waals surface area contributed by atoms with E-state index in [2.05, 4.69) is 58.7 Å². The maximum atomic E-state index is 12.4. The van der Waals surface area contributed by atoms with E-state index in [9.17, 15) is 18.3 Å². The van der Waals surface area contributed by atoms with E-state index in [4.69, 9.17) is 4.84 Å². The number of rotatable bonds is 9. The number of hydrogen-bond acceptors (Lipinski definition) is 5. The molecule has 1 saturated carbocycles. The molecule has 3 atom stereocenters. The molecule has 0 saturated heterocycles. The third kappa shape index (κ3) is 5.21. The highest BCUT2D eigenvalue weighted by Gasteiger charge is 2.56. The van der Waals surface area contributed by atoms with E-state index in [0.717, 1.165) is 39.7 Å². The van der Waals surface area contributed by atoms with Gasteiger partial charge in [-0.3, -0.25) is 4.79 Å². The maximum absolute atomic E-state index is 12.4. The van der Waals surface area contributed by atoms with Crippen LogP contribution in [0.4, 0.5) is 0 Å². The number of aliphatic carboxylic acids is 1. The number of carboxylic acids is 1. The molecule has 190 valence electrons. The van der Waals surface area contributed by atoms with E-state index in [0.29, 0.717) is 25.2 Å². The Balaban J connectivity index is 1.98. The first-order valence-corrected chi connectivity index (χ1v) is 14.5. The molecule has 3 rings (SSSR count). The largest absolute Gasteiger partial charge is 0.481 e. The van der Waals surface area contributed by atoms with Gasteiger partial charge in [-0.25, -0.2) is 13.1 Å². The summed E-state index contributed by atoms with van der Waals surface area (Å²) in [6.07, 6.45) is 3.48. The van der Waals surface area contributed by atoms with Crippen molar-refractivity contribution in [3.8, 4) is 0 Å². The minimum Gasteiger partial charge on any atom is -0.481 e. The number of carboxylic acid groups (broad SMARTS) is 1. The summed E-state index contributed by atoms with van der Waals surface area (Å²) in [6, 6.07) is 4.31. The summed E-state index contributed by atoms with van der Waals surface area (Å²) in [5.74, 6) is -0.511. The quantitative estimate of drug-likeness (QED) is 0.322. The topological polar surface area (TPSA) is 105 Å². The van der Waals surface area contributed by atoms with Crippen LogP contribution in [0.1, 0.15) is 89.3 Å². The van der Waals surface area contributed by atoms with Gasteiger partial charge in [0.2, 0.25) is 10.0 Å². The predicted octanol–water partition coefficient (Wildman–Crippen LogP) is 5.18. The van der Waals surface area contributed by atoms with Crippen molar-refractivity contribution >= 4 is 37.6 Å². The third-order valence-corrected chi connectivity index (χ3v) is 9.94. The Hall–Kier alpha value is -1.45. The molecule has 1 fully saturated rings. The van der Waals surface area contributed by atoms with Crippen LogP contribution in [0.25, 0.3) is 0 Å². The van der Waals surface area contributed by atoms with E-state index < -0.39 is 21.4 Å². The van der Waals surface area contributed by atoms with Gasteiger partial charge in [0.05, 0.1) is 16.9 Å². The van der Waals surface area contributed by atoms with Crippen LogP contribution in [0.5, 0.6) is 0 Å². The van der Waals surface area contributed by atoms with Gasteiger partial charge in [-0.15, -0.1) is 0 Å². The van der Waals surface area contributed by atoms with E-state index in [-0.39, 0.29) is 30.2 Å². The number of hydrogen-bond donors (Lipinski definition) is 2. The SMILES string of the molecule is CCCS(=O)(=O)NCCO/N=C1\C[C@H]2[C@](C)(C(=O)O)CCC[C@]2(C)c2cc(Br)c(C(C)C)cc21. The lowest BCUT2D eigenvalue weighted by atomic mass is 9.49. The lowest BCUT2D eigenvalue weighted by Gasteiger charge is -2.53. The number of halogens is 1. The Morgan fingerprint density at radius 3 is 2.65 bits per heavy atom. The summed E-state index contributed by atoms with van der Waals surface area (Å²) in [6.45, 7) is 10.4. The predicted molar refractivity (Wildman–Crippen MR) is 138 cm³/mol. The average Bonchev–Trinajstić information content (AvgIpc) is 2.73. The van der Waals surface area contributed by atoms with Gasteiger partial charge in [-0.05, 0) is 73.1 Å². The smallest absolute Gasteiger partial charge is 0.309 e. The van der Waals surface area contributed by atoms with Crippen LogP contribution in [0.3, 0.4) is 0 Å². The van der Waals surface area contributed by atoms with Gasteiger partial charge in [0.15, 0.2) is 0 Å². The molecule has 0 bridgehead atoms. The first-order chi connectivity index (χ1) is 15.9. The van der Waals surface area contributed by atoms with Gasteiger partial charge in [0.1, 0.15) is 6.61 Å². The molecule has 0 aromatic heterocycles. The number of fused-ring (bicyclic) bond motifs is 3. The molecule has 9 heteroatoms. The number of carbonyl (C=O) groups is 1. The molecular weight excluding hydrogens is 520 g/mol. The average molecular weight is 558 g/mol. The minimum atomic E-state index is -3.30. The Morgan fingerprint density at radius 2 is 2.03 bits per heavy atom. The Bertz CT molecular complexity index is 1070. The second-order valence-electron chi connectivity index (χ2n) is 10.4. The van der Waals surface area contributed by atoms with Crippen LogP contribution < -0.4 is 4.72 Å². The maximum Gasteiger partial charge on any atom is 0.309 e. The molecule has 0 heterocycles. The standard InChI is InChI=1S/C25H37BrN2O5S/c1-6-12-34(31,32)27-10-11-33-28-21-15-22-24(4,8-7-9-25(22,5)23(29)30)19-14-20(26)17(16(2)3)13-18(19)21/h13-14,16,22,27H,6-12,15H2,1-5H3,(H,29,30)/b28-21+/t22-,24-,25-/m1/s1. The van der Waals surface area contributed by atoms with Crippen LogP contribution in [-0.4, -0.2) is 44.1 Å². The van der Waals surface area contributed by atoms with Crippen molar-refractivity contribution in [2.75, 3.05) is 18.9 Å². The second-order valence-corrected chi connectivity index (χ2v) is 13.2. The second kappa shape index (κ2) is 10.3. The zero-order valence-electron chi connectivity index (χ0n) is 20.8. The highest BCUT2D eigenvalue weighted by molar-refractivity contribution is 9.10. The van der Waals surface area contributed by atoms with Crippen molar-refractivity contribution in [1.82, 2.24) is 4.72 Å². The highest BCUT2D eigenvalue weighted by atomic mass is 79.9. The van der Waals surface area contributed by atoms with Crippen molar-refractivity contribution in [2.24, 2.45) is 16.5 Å². The Labute approximate surface area is 211 Å². The molecule has 0 aliphatic heterocycles. The van der Waals surface area contributed by atoms with Gasteiger partial charge in [-0.1, -0.05) is 55.2 Å². The van der Waals surface area contributed by atoms with Gasteiger partial charge in [-0.2, -0.15) is 0 Å². The van der Waals surface area contributed by atoms with E-state index >= 15 is 0 Å². The number of nitrogens with zero attached hydrogens (tertiary/aromatic N) is 1. The normalized spacial score (nSPS) is 28.0. The summed E-state index contributed by atoms with van der Waals surface area (Å²) in [4.78, 5) is 18.0. The van der Waals surface area contributed by atoms with Crippen molar-refractivity contribution in [2.45, 2.75) is 78.1 Å². The van der Waals surface area contributed by atoms with Crippen molar-refractivity contribution < 1.29 is 23.2 Å². The molecule has 1 aromatic rings. The molecule has 1 aromatic carbocycles. The fraction of sp³-hybridized carbons (Fsp3) is 0.680. The molecule has 7 nitrogen and oxygen atoms in total. The van der Waals surface area contributed by atoms with Crippen LogP contribution in [0.15, 0.2) is 21.8 Å². The first-order valence-electron chi connectivity index (χ1n) is 12.1. The molecule has 0 unspecified atom stereocenters. The van der Waals surface area contributed by atoms with Gasteiger partial charge < -0.3 is 9.94 Å². The molecule has 2 aliphatic rings. The fourth-order valence-electron chi connectivity index (χ4n) is 5.74. The van der Waals surface area contributed by atoms with Crippen molar-refractivity contribution in [3.05, 3.63) is 33.3 Å². The zero-order valence-corrected chi connectivity index (χ0v) is 23.2. The molecule has 2 aliphatic carbocycles. The van der Waals surface area contributed by atoms with Gasteiger partial charge in [0, 0.05) is 16.6 Å². The van der Waals surface area contributed by atoms with E-state index in [1.54, 1.807) is 0 Å². The van der Waals surface area contributed by atoms with Crippen LogP contribution in [-0.2, 0) is 25.1 Å². The molecule has 0 spiro atoms.